The van der Waals surface area contributed by atoms with Gasteiger partial charge in [-0.15, -0.1) is 0 Å². The predicted molar refractivity (Wildman–Crippen MR) is 106 cm³/mol. The Hall–Kier alpha value is -4.00. The van der Waals surface area contributed by atoms with Crippen molar-refractivity contribution in [3.05, 3.63) is 71.8 Å². The third-order valence-electron chi connectivity index (χ3n) is 4.85. The van der Waals surface area contributed by atoms with Crippen LogP contribution in [-0.4, -0.2) is 25.7 Å². The molecule has 0 bridgehead atoms. The third-order valence-corrected chi connectivity index (χ3v) is 4.85. The number of para-hydroxylation sites is 2. The van der Waals surface area contributed by atoms with E-state index in [0.29, 0.717) is 45.5 Å². The fourth-order valence-corrected chi connectivity index (χ4v) is 3.33. The summed E-state index contributed by atoms with van der Waals surface area (Å²) in [5.41, 5.74) is 1.96. The van der Waals surface area contributed by atoms with Crippen LogP contribution in [0.15, 0.2) is 60.7 Å². The minimum atomic E-state index is -0.318. The molecule has 0 aromatic heterocycles. The zero-order valence-electron chi connectivity index (χ0n) is 15.5. The number of carbonyl (C=O) groups is 2. The number of hydrogen-bond donors (Lipinski definition) is 1. The lowest BCUT2D eigenvalue weighted by Gasteiger charge is -2.16. The molecule has 2 amide bonds. The number of nitrogens with zero attached hydrogens (tertiary/aromatic N) is 1. The van der Waals surface area contributed by atoms with Crippen molar-refractivity contribution < 1.29 is 23.8 Å². The largest absolute Gasteiger partial charge is 0.454 e. The van der Waals surface area contributed by atoms with Crippen LogP contribution in [0, 0.1) is 0 Å². The van der Waals surface area contributed by atoms with Crippen LogP contribution in [0.1, 0.15) is 20.7 Å². The van der Waals surface area contributed by atoms with E-state index in [1.54, 1.807) is 43.4 Å². The van der Waals surface area contributed by atoms with E-state index in [9.17, 15) is 9.59 Å². The van der Waals surface area contributed by atoms with E-state index < -0.39 is 0 Å². The van der Waals surface area contributed by atoms with Crippen molar-refractivity contribution in [2.45, 2.75) is 0 Å². The molecule has 2 aliphatic rings. The highest BCUT2D eigenvalue weighted by molar-refractivity contribution is 6.11. The summed E-state index contributed by atoms with van der Waals surface area (Å²) >= 11 is 0. The van der Waals surface area contributed by atoms with Crippen LogP contribution < -0.4 is 24.4 Å². The Bertz CT molecular complexity index is 1160. The van der Waals surface area contributed by atoms with E-state index in [0.717, 1.165) is 0 Å². The van der Waals surface area contributed by atoms with Gasteiger partial charge in [0.15, 0.2) is 17.2 Å². The van der Waals surface area contributed by atoms with E-state index >= 15 is 0 Å². The van der Waals surface area contributed by atoms with Crippen LogP contribution in [0.2, 0.25) is 0 Å². The molecule has 5 rings (SSSR count). The Morgan fingerprint density at radius 3 is 2.62 bits per heavy atom. The minimum absolute atomic E-state index is 0.142. The summed E-state index contributed by atoms with van der Waals surface area (Å²) in [5.74, 6) is 1.64. The van der Waals surface area contributed by atoms with E-state index in [4.69, 9.17) is 14.2 Å². The molecule has 1 N–H and O–H groups in total. The van der Waals surface area contributed by atoms with Crippen molar-refractivity contribution >= 4 is 23.2 Å². The average Bonchev–Trinajstić information content (AvgIpc) is 3.18. The Balaban J connectivity index is 1.44. The normalized spacial score (nSPS) is 13.8. The van der Waals surface area contributed by atoms with Gasteiger partial charge in [0.1, 0.15) is 5.75 Å². The van der Waals surface area contributed by atoms with Gasteiger partial charge in [0.2, 0.25) is 6.79 Å². The highest BCUT2D eigenvalue weighted by atomic mass is 16.7. The quantitative estimate of drug-likeness (QED) is 0.717. The smallest absolute Gasteiger partial charge is 0.261 e. The SMILES string of the molecule is CN1C(=O)c2cc(NC(=O)c3ccc4c(c3)OCO4)ccc2Oc2ccccc21. The van der Waals surface area contributed by atoms with Crippen LogP contribution in [0.5, 0.6) is 23.0 Å². The maximum absolute atomic E-state index is 12.9. The lowest BCUT2D eigenvalue weighted by Crippen LogP contribution is -2.25. The standard InChI is InChI=1S/C22H16N2O5/c1-24-16-4-2-3-5-18(16)29-17-9-7-14(11-15(17)22(24)26)23-21(25)13-6-8-19-20(10-13)28-12-27-19/h2-11H,12H2,1H3,(H,23,25). The van der Waals surface area contributed by atoms with Gasteiger partial charge in [-0.1, -0.05) is 12.1 Å². The van der Waals surface area contributed by atoms with Crippen LogP contribution in [0.4, 0.5) is 11.4 Å². The van der Waals surface area contributed by atoms with Gasteiger partial charge in [0, 0.05) is 18.3 Å². The monoisotopic (exact) mass is 388 g/mol. The number of benzene rings is 3. The second-order valence-corrected chi connectivity index (χ2v) is 6.67. The van der Waals surface area contributed by atoms with Gasteiger partial charge in [-0.25, -0.2) is 0 Å². The van der Waals surface area contributed by atoms with E-state index in [-0.39, 0.29) is 18.6 Å². The number of fused-ring (bicyclic) bond motifs is 3. The Morgan fingerprint density at radius 1 is 0.931 bits per heavy atom. The predicted octanol–water partition coefficient (Wildman–Crippen LogP) is 4.05. The highest BCUT2D eigenvalue weighted by Crippen LogP contribution is 2.39. The molecule has 3 aromatic rings. The van der Waals surface area contributed by atoms with Gasteiger partial charge in [-0.05, 0) is 48.5 Å². The van der Waals surface area contributed by atoms with E-state index in [1.165, 1.54) is 4.90 Å². The molecule has 7 heteroatoms. The van der Waals surface area contributed by atoms with Crippen molar-refractivity contribution in [1.82, 2.24) is 0 Å². The van der Waals surface area contributed by atoms with Crippen LogP contribution >= 0.6 is 0 Å². The van der Waals surface area contributed by atoms with Crippen LogP contribution in [-0.2, 0) is 0 Å². The number of carbonyl (C=O) groups excluding carboxylic acids is 2. The molecule has 0 aliphatic carbocycles. The van der Waals surface area contributed by atoms with Gasteiger partial charge in [-0.3, -0.25) is 9.59 Å². The molecular weight excluding hydrogens is 372 g/mol. The molecule has 0 spiro atoms. The van der Waals surface area contributed by atoms with Crippen molar-refractivity contribution in [1.29, 1.82) is 0 Å². The summed E-state index contributed by atoms with van der Waals surface area (Å²) in [6, 6.07) is 17.3. The van der Waals surface area contributed by atoms with Gasteiger partial charge < -0.3 is 24.4 Å². The lowest BCUT2D eigenvalue weighted by atomic mass is 10.1. The molecule has 7 nitrogen and oxygen atoms in total. The molecule has 2 aliphatic heterocycles. The molecular formula is C22H16N2O5. The number of hydrogen-bond acceptors (Lipinski definition) is 5. The fraction of sp³-hybridized carbons (Fsp3) is 0.0909. The second-order valence-electron chi connectivity index (χ2n) is 6.67. The van der Waals surface area contributed by atoms with Gasteiger partial charge in [0.25, 0.3) is 11.8 Å². The summed E-state index contributed by atoms with van der Waals surface area (Å²) in [7, 11) is 1.69. The topological polar surface area (TPSA) is 77.1 Å². The lowest BCUT2D eigenvalue weighted by molar-refractivity contribution is 0.0990. The molecule has 0 fully saturated rings. The molecule has 3 aromatic carbocycles. The number of ether oxygens (including phenoxy) is 3. The molecule has 144 valence electrons. The van der Waals surface area contributed by atoms with Crippen LogP contribution in [0.3, 0.4) is 0 Å². The molecule has 2 heterocycles. The average molecular weight is 388 g/mol. The van der Waals surface area contributed by atoms with E-state index in [2.05, 4.69) is 5.32 Å². The number of nitrogens with one attached hydrogen (secondary N) is 1. The summed E-state index contributed by atoms with van der Waals surface area (Å²) in [6.45, 7) is 0.142. The highest BCUT2D eigenvalue weighted by Gasteiger charge is 2.26. The summed E-state index contributed by atoms with van der Waals surface area (Å²) in [4.78, 5) is 27.1. The van der Waals surface area contributed by atoms with Crippen molar-refractivity contribution in [3.63, 3.8) is 0 Å². The summed E-state index contributed by atoms with van der Waals surface area (Å²) < 4.78 is 16.5. The van der Waals surface area contributed by atoms with Gasteiger partial charge in [0.05, 0.1) is 11.3 Å². The molecule has 0 saturated heterocycles. The number of anilines is 2. The zero-order chi connectivity index (χ0) is 20.0. The van der Waals surface area contributed by atoms with Crippen molar-refractivity contribution in [3.8, 4) is 23.0 Å². The first-order valence-electron chi connectivity index (χ1n) is 9.00. The third kappa shape index (κ3) is 2.93. The maximum atomic E-state index is 12.9. The Kier molecular flexibility index (Phi) is 3.87. The Labute approximate surface area is 166 Å². The molecule has 29 heavy (non-hydrogen) atoms. The zero-order valence-corrected chi connectivity index (χ0v) is 15.5. The van der Waals surface area contributed by atoms with Gasteiger partial charge >= 0.3 is 0 Å². The molecule has 0 unspecified atom stereocenters. The Morgan fingerprint density at radius 2 is 1.72 bits per heavy atom. The molecule has 0 saturated carbocycles. The number of amides is 2. The molecule has 0 atom stereocenters. The fourth-order valence-electron chi connectivity index (χ4n) is 3.33. The van der Waals surface area contributed by atoms with Crippen molar-refractivity contribution in [2.24, 2.45) is 0 Å². The maximum Gasteiger partial charge on any atom is 0.261 e. The summed E-state index contributed by atoms with van der Waals surface area (Å²) in [6.07, 6.45) is 0. The minimum Gasteiger partial charge on any atom is -0.454 e. The van der Waals surface area contributed by atoms with Crippen molar-refractivity contribution in [2.75, 3.05) is 24.1 Å². The first-order valence-corrected chi connectivity index (χ1v) is 9.00. The first-order chi connectivity index (χ1) is 14.1. The number of rotatable bonds is 2. The first kappa shape index (κ1) is 17.1. The summed E-state index contributed by atoms with van der Waals surface area (Å²) in [5, 5.41) is 2.81. The second kappa shape index (κ2) is 6.56. The van der Waals surface area contributed by atoms with E-state index in [1.807, 2.05) is 24.3 Å². The van der Waals surface area contributed by atoms with Gasteiger partial charge in [-0.2, -0.15) is 0 Å². The molecule has 0 radical (unpaired) electrons. The van der Waals surface area contributed by atoms with Crippen LogP contribution in [0.25, 0.3) is 0 Å².